The molecule has 3 rings (SSSR count). The van der Waals surface area contributed by atoms with E-state index in [4.69, 9.17) is 0 Å². The van der Waals surface area contributed by atoms with Gasteiger partial charge in [0.15, 0.2) is 0 Å². The second-order valence-corrected chi connectivity index (χ2v) is 8.68. The molecule has 1 fully saturated rings. The third kappa shape index (κ3) is 4.28. The van der Waals surface area contributed by atoms with E-state index in [1.54, 1.807) is 23.9 Å². The fourth-order valence-electron chi connectivity index (χ4n) is 2.58. The van der Waals surface area contributed by atoms with Crippen LogP contribution in [0.25, 0.3) is 0 Å². The molecule has 1 saturated heterocycles. The van der Waals surface area contributed by atoms with E-state index in [9.17, 15) is 8.42 Å². The van der Waals surface area contributed by atoms with Crippen LogP contribution >= 0.6 is 11.8 Å². The summed E-state index contributed by atoms with van der Waals surface area (Å²) in [5, 5.41) is 3.22. The summed E-state index contributed by atoms with van der Waals surface area (Å²) in [6.45, 7) is 1.99. The number of benzene rings is 1. The SMILES string of the molecule is O=S(=O)(c1ccc(NCCSc2ccccc2)nc1)N1CCCC1. The number of hydrogen-bond donors (Lipinski definition) is 1. The maximum absolute atomic E-state index is 12.4. The van der Waals surface area contributed by atoms with Crippen molar-refractivity contribution in [2.24, 2.45) is 0 Å². The number of nitrogens with zero attached hydrogens (tertiary/aromatic N) is 2. The zero-order chi connectivity index (χ0) is 16.8. The quantitative estimate of drug-likeness (QED) is 0.605. The zero-order valence-corrected chi connectivity index (χ0v) is 15.0. The van der Waals surface area contributed by atoms with Gasteiger partial charge in [0.25, 0.3) is 0 Å². The number of thioether (sulfide) groups is 1. The fourth-order valence-corrected chi connectivity index (χ4v) is 4.83. The van der Waals surface area contributed by atoms with E-state index in [2.05, 4.69) is 22.4 Å². The highest BCUT2D eigenvalue weighted by atomic mass is 32.2. The molecule has 0 spiro atoms. The molecule has 0 bridgehead atoms. The first-order valence-corrected chi connectivity index (χ1v) is 10.5. The lowest BCUT2D eigenvalue weighted by atomic mass is 10.4. The molecule has 0 atom stereocenters. The molecule has 0 aliphatic carbocycles. The van der Waals surface area contributed by atoms with Crippen LogP contribution in [0.1, 0.15) is 12.8 Å². The van der Waals surface area contributed by atoms with Crippen LogP contribution < -0.4 is 5.32 Å². The highest BCUT2D eigenvalue weighted by molar-refractivity contribution is 7.99. The Morgan fingerprint density at radius 3 is 2.50 bits per heavy atom. The zero-order valence-electron chi connectivity index (χ0n) is 13.4. The molecule has 1 aromatic carbocycles. The lowest BCUT2D eigenvalue weighted by molar-refractivity contribution is 0.477. The molecule has 0 amide bonds. The Morgan fingerprint density at radius 2 is 1.83 bits per heavy atom. The first-order chi connectivity index (χ1) is 11.7. The highest BCUT2D eigenvalue weighted by Crippen LogP contribution is 2.21. The van der Waals surface area contributed by atoms with Crippen LogP contribution in [-0.4, -0.2) is 43.1 Å². The number of hydrogen-bond acceptors (Lipinski definition) is 5. The van der Waals surface area contributed by atoms with Gasteiger partial charge in [-0.25, -0.2) is 13.4 Å². The molecule has 0 saturated carbocycles. The minimum Gasteiger partial charge on any atom is -0.369 e. The maximum Gasteiger partial charge on any atom is 0.244 e. The van der Waals surface area contributed by atoms with E-state index < -0.39 is 10.0 Å². The monoisotopic (exact) mass is 363 g/mol. The summed E-state index contributed by atoms with van der Waals surface area (Å²) < 4.78 is 26.4. The molecule has 1 aromatic heterocycles. The van der Waals surface area contributed by atoms with Gasteiger partial charge in [-0.2, -0.15) is 4.31 Å². The minimum absolute atomic E-state index is 0.272. The summed E-state index contributed by atoms with van der Waals surface area (Å²) in [4.78, 5) is 5.74. The molecule has 1 N–H and O–H groups in total. The number of rotatable bonds is 7. The van der Waals surface area contributed by atoms with Crippen LogP contribution in [0.4, 0.5) is 5.82 Å². The van der Waals surface area contributed by atoms with Crippen molar-refractivity contribution < 1.29 is 8.42 Å². The van der Waals surface area contributed by atoms with Gasteiger partial charge < -0.3 is 5.32 Å². The summed E-state index contributed by atoms with van der Waals surface area (Å²) in [7, 11) is -3.38. The van der Waals surface area contributed by atoms with Gasteiger partial charge >= 0.3 is 0 Å². The first-order valence-electron chi connectivity index (χ1n) is 8.04. The molecule has 2 aromatic rings. The molecular weight excluding hydrogens is 342 g/mol. The first kappa shape index (κ1) is 17.3. The summed E-state index contributed by atoms with van der Waals surface area (Å²) in [6, 6.07) is 13.6. The van der Waals surface area contributed by atoms with Crippen LogP contribution in [0.3, 0.4) is 0 Å². The third-order valence-corrected chi connectivity index (χ3v) is 6.76. The normalized spacial score (nSPS) is 15.5. The average Bonchev–Trinajstić information content (AvgIpc) is 3.16. The van der Waals surface area contributed by atoms with Crippen molar-refractivity contribution in [1.29, 1.82) is 0 Å². The Kier molecular flexibility index (Phi) is 5.76. The average molecular weight is 364 g/mol. The van der Waals surface area contributed by atoms with Gasteiger partial charge in [0.1, 0.15) is 10.7 Å². The fraction of sp³-hybridized carbons (Fsp3) is 0.353. The van der Waals surface area contributed by atoms with Crippen LogP contribution in [0.2, 0.25) is 0 Å². The smallest absolute Gasteiger partial charge is 0.244 e. The molecule has 1 aliphatic heterocycles. The topological polar surface area (TPSA) is 62.3 Å². The lowest BCUT2D eigenvalue weighted by Crippen LogP contribution is -2.27. The number of nitrogens with one attached hydrogen (secondary N) is 1. The second-order valence-electron chi connectivity index (χ2n) is 5.58. The van der Waals surface area contributed by atoms with Gasteiger partial charge in [-0.05, 0) is 37.1 Å². The van der Waals surface area contributed by atoms with Gasteiger partial charge in [0.2, 0.25) is 10.0 Å². The maximum atomic E-state index is 12.4. The van der Waals surface area contributed by atoms with E-state index in [0.29, 0.717) is 18.9 Å². The predicted octanol–water partition coefficient (Wildman–Crippen LogP) is 3.07. The number of anilines is 1. The second kappa shape index (κ2) is 8.00. The van der Waals surface area contributed by atoms with E-state index >= 15 is 0 Å². The molecule has 1 aliphatic rings. The van der Waals surface area contributed by atoms with Crippen molar-refractivity contribution in [3.8, 4) is 0 Å². The summed E-state index contributed by atoms with van der Waals surface area (Å²) in [6.07, 6.45) is 3.32. The third-order valence-electron chi connectivity index (χ3n) is 3.86. The Morgan fingerprint density at radius 1 is 1.08 bits per heavy atom. The molecule has 24 heavy (non-hydrogen) atoms. The van der Waals surface area contributed by atoms with Crippen LogP contribution in [0, 0.1) is 0 Å². The Hall–Kier alpha value is -1.57. The Balaban J connectivity index is 1.51. The highest BCUT2D eigenvalue weighted by Gasteiger charge is 2.27. The molecule has 0 radical (unpaired) electrons. The van der Waals surface area contributed by atoms with E-state index in [1.165, 1.54) is 15.4 Å². The standard InChI is InChI=1S/C17H21N3O2S2/c21-24(22,20-11-4-5-12-20)16-8-9-17(19-14-16)18-10-13-23-15-6-2-1-3-7-15/h1-3,6-9,14H,4-5,10-13H2,(H,18,19). The van der Waals surface area contributed by atoms with Crippen molar-refractivity contribution in [1.82, 2.24) is 9.29 Å². The van der Waals surface area contributed by atoms with Crippen molar-refractivity contribution in [2.45, 2.75) is 22.6 Å². The number of sulfonamides is 1. The summed E-state index contributed by atoms with van der Waals surface area (Å²) in [5.74, 6) is 1.61. The van der Waals surface area contributed by atoms with Crippen molar-refractivity contribution >= 4 is 27.6 Å². The Bertz CT molecular complexity index is 743. The summed E-state index contributed by atoms with van der Waals surface area (Å²) in [5.41, 5.74) is 0. The molecule has 7 heteroatoms. The largest absolute Gasteiger partial charge is 0.369 e. The van der Waals surface area contributed by atoms with E-state index in [1.807, 2.05) is 18.2 Å². The van der Waals surface area contributed by atoms with Gasteiger partial charge in [-0.1, -0.05) is 18.2 Å². The molecule has 128 valence electrons. The van der Waals surface area contributed by atoms with Gasteiger partial charge in [0, 0.05) is 36.5 Å². The van der Waals surface area contributed by atoms with Crippen molar-refractivity contribution in [3.05, 3.63) is 48.7 Å². The van der Waals surface area contributed by atoms with Crippen LogP contribution in [-0.2, 0) is 10.0 Å². The molecule has 2 heterocycles. The minimum atomic E-state index is -3.38. The predicted molar refractivity (Wildman–Crippen MR) is 97.9 cm³/mol. The summed E-state index contributed by atoms with van der Waals surface area (Å²) >= 11 is 1.77. The van der Waals surface area contributed by atoms with Crippen LogP contribution in [0.5, 0.6) is 0 Å². The van der Waals surface area contributed by atoms with Gasteiger partial charge in [0.05, 0.1) is 0 Å². The van der Waals surface area contributed by atoms with Crippen molar-refractivity contribution in [2.75, 3.05) is 30.7 Å². The number of aromatic nitrogens is 1. The van der Waals surface area contributed by atoms with Gasteiger partial charge in [-0.3, -0.25) is 0 Å². The number of pyridine rings is 1. The van der Waals surface area contributed by atoms with Crippen LogP contribution in [0.15, 0.2) is 58.5 Å². The molecule has 0 unspecified atom stereocenters. The molecule has 5 nitrogen and oxygen atoms in total. The Labute approximate surface area is 147 Å². The molecular formula is C17H21N3O2S2. The van der Waals surface area contributed by atoms with Gasteiger partial charge in [-0.15, -0.1) is 11.8 Å². The lowest BCUT2D eigenvalue weighted by Gasteiger charge is -2.15. The van der Waals surface area contributed by atoms with E-state index in [0.717, 1.165) is 25.1 Å². The van der Waals surface area contributed by atoms with Crippen molar-refractivity contribution in [3.63, 3.8) is 0 Å². The van der Waals surface area contributed by atoms with E-state index in [-0.39, 0.29) is 4.90 Å².